The second kappa shape index (κ2) is 7.08. The second-order valence-electron chi connectivity index (χ2n) is 6.05. The predicted octanol–water partition coefficient (Wildman–Crippen LogP) is 1.52. The third-order valence-corrected chi connectivity index (χ3v) is 6.60. The molecule has 1 aromatic carbocycles. The van der Waals surface area contributed by atoms with Crippen molar-refractivity contribution in [2.45, 2.75) is 19.3 Å². The Morgan fingerprint density at radius 2 is 1.55 bits per heavy atom. The highest BCUT2D eigenvalue weighted by molar-refractivity contribution is 7.86. The van der Waals surface area contributed by atoms with Gasteiger partial charge >= 0.3 is 0 Å². The lowest BCUT2D eigenvalue weighted by Gasteiger charge is -2.36. The van der Waals surface area contributed by atoms with Gasteiger partial charge in [-0.25, -0.2) is 0 Å². The Kier molecular flexibility index (Phi) is 5.13. The van der Waals surface area contributed by atoms with E-state index in [0.29, 0.717) is 45.3 Å². The minimum atomic E-state index is -3.29. The summed E-state index contributed by atoms with van der Waals surface area (Å²) in [7, 11) is -3.29. The van der Waals surface area contributed by atoms with Crippen molar-refractivity contribution in [1.29, 1.82) is 0 Å². The van der Waals surface area contributed by atoms with Crippen molar-refractivity contribution in [3.8, 4) is 0 Å². The van der Waals surface area contributed by atoms with Crippen molar-refractivity contribution in [2.24, 2.45) is 5.92 Å². The fourth-order valence-corrected chi connectivity index (χ4v) is 4.84. The third-order valence-electron chi connectivity index (χ3n) is 4.56. The van der Waals surface area contributed by atoms with Crippen LogP contribution in [0.2, 0.25) is 0 Å². The Morgan fingerprint density at radius 1 is 0.955 bits per heavy atom. The first-order valence-electron chi connectivity index (χ1n) is 8.03. The zero-order valence-corrected chi connectivity index (χ0v) is 13.7. The molecule has 0 amide bonds. The molecule has 2 heterocycles. The molecular weight excluding hydrogens is 300 g/mol. The van der Waals surface area contributed by atoms with Gasteiger partial charge in [0.15, 0.2) is 0 Å². The van der Waals surface area contributed by atoms with Crippen LogP contribution in [0.25, 0.3) is 0 Å². The Balaban J connectivity index is 1.54. The van der Waals surface area contributed by atoms with Crippen LogP contribution in [0.15, 0.2) is 30.3 Å². The van der Waals surface area contributed by atoms with Crippen molar-refractivity contribution in [1.82, 2.24) is 8.61 Å². The van der Waals surface area contributed by atoms with Crippen molar-refractivity contribution >= 4 is 10.2 Å². The highest BCUT2D eigenvalue weighted by Crippen LogP contribution is 2.24. The molecule has 1 aromatic rings. The number of ether oxygens (including phenoxy) is 1. The van der Waals surface area contributed by atoms with Gasteiger partial charge in [0.2, 0.25) is 0 Å². The molecule has 2 saturated heterocycles. The molecule has 0 atom stereocenters. The molecule has 0 aliphatic carbocycles. The maximum absolute atomic E-state index is 12.6. The Labute approximate surface area is 133 Å². The SMILES string of the molecule is O=S(=O)(N1CCOCC1)N1CCC(Cc2ccccc2)CC1. The van der Waals surface area contributed by atoms with E-state index in [1.807, 2.05) is 6.07 Å². The van der Waals surface area contributed by atoms with E-state index in [9.17, 15) is 8.42 Å². The number of nitrogens with zero attached hydrogens (tertiary/aromatic N) is 2. The van der Waals surface area contributed by atoms with E-state index < -0.39 is 10.2 Å². The summed E-state index contributed by atoms with van der Waals surface area (Å²) in [6, 6.07) is 10.5. The fraction of sp³-hybridized carbons (Fsp3) is 0.625. The summed E-state index contributed by atoms with van der Waals surface area (Å²) in [6.07, 6.45) is 2.93. The van der Waals surface area contributed by atoms with Gasteiger partial charge < -0.3 is 4.74 Å². The zero-order chi connectivity index (χ0) is 15.4. The van der Waals surface area contributed by atoms with E-state index in [0.717, 1.165) is 19.3 Å². The number of rotatable bonds is 4. The summed E-state index contributed by atoms with van der Waals surface area (Å²) in [5.74, 6) is 0.582. The summed E-state index contributed by atoms with van der Waals surface area (Å²) >= 11 is 0. The average Bonchev–Trinajstić information content (AvgIpc) is 2.57. The van der Waals surface area contributed by atoms with Gasteiger partial charge in [-0.2, -0.15) is 17.0 Å². The Morgan fingerprint density at radius 3 is 2.18 bits per heavy atom. The van der Waals surface area contributed by atoms with E-state index >= 15 is 0 Å². The molecule has 0 spiro atoms. The predicted molar refractivity (Wildman–Crippen MR) is 85.8 cm³/mol. The second-order valence-corrected chi connectivity index (χ2v) is 7.98. The molecule has 0 aromatic heterocycles. The molecule has 22 heavy (non-hydrogen) atoms. The van der Waals surface area contributed by atoms with Crippen LogP contribution in [0.3, 0.4) is 0 Å². The van der Waals surface area contributed by atoms with Gasteiger partial charge in [0.25, 0.3) is 10.2 Å². The van der Waals surface area contributed by atoms with Gasteiger partial charge in [0.05, 0.1) is 13.2 Å². The lowest BCUT2D eigenvalue weighted by molar-refractivity contribution is 0.0693. The zero-order valence-electron chi connectivity index (χ0n) is 12.9. The molecule has 0 N–H and O–H groups in total. The highest BCUT2D eigenvalue weighted by atomic mass is 32.2. The van der Waals surface area contributed by atoms with Gasteiger partial charge in [-0.1, -0.05) is 30.3 Å². The number of piperidine rings is 1. The molecular formula is C16H24N2O3S. The third kappa shape index (κ3) is 3.68. The highest BCUT2D eigenvalue weighted by Gasteiger charge is 2.33. The number of hydrogen-bond donors (Lipinski definition) is 0. The molecule has 0 bridgehead atoms. The summed E-state index contributed by atoms with van der Waals surface area (Å²) in [5, 5.41) is 0. The molecule has 6 heteroatoms. The fourth-order valence-electron chi connectivity index (χ4n) is 3.23. The van der Waals surface area contributed by atoms with E-state index in [2.05, 4.69) is 24.3 Å². The van der Waals surface area contributed by atoms with Gasteiger partial charge in [-0.15, -0.1) is 0 Å². The summed E-state index contributed by atoms with van der Waals surface area (Å²) in [6.45, 7) is 3.24. The molecule has 2 fully saturated rings. The smallest absolute Gasteiger partial charge is 0.282 e. The minimum absolute atomic E-state index is 0.478. The first-order chi connectivity index (χ1) is 10.7. The molecule has 2 aliphatic rings. The van der Waals surface area contributed by atoms with Crippen LogP contribution < -0.4 is 0 Å². The van der Waals surface area contributed by atoms with E-state index in [-0.39, 0.29) is 0 Å². The molecule has 5 nitrogen and oxygen atoms in total. The molecule has 122 valence electrons. The lowest BCUT2D eigenvalue weighted by Crippen LogP contribution is -2.50. The number of hydrogen-bond acceptors (Lipinski definition) is 3. The van der Waals surface area contributed by atoms with Gasteiger partial charge in [0, 0.05) is 26.2 Å². The number of morpholine rings is 1. The van der Waals surface area contributed by atoms with Crippen LogP contribution in [-0.4, -0.2) is 56.4 Å². The van der Waals surface area contributed by atoms with Crippen LogP contribution >= 0.6 is 0 Å². The largest absolute Gasteiger partial charge is 0.379 e. The van der Waals surface area contributed by atoms with E-state index in [4.69, 9.17) is 4.74 Å². The molecule has 0 saturated carbocycles. The maximum atomic E-state index is 12.6. The lowest BCUT2D eigenvalue weighted by atomic mass is 9.91. The maximum Gasteiger partial charge on any atom is 0.282 e. The van der Waals surface area contributed by atoms with Crippen LogP contribution in [0.4, 0.5) is 0 Å². The normalized spacial score (nSPS) is 22.7. The summed E-state index contributed by atoms with van der Waals surface area (Å²) in [4.78, 5) is 0. The van der Waals surface area contributed by atoms with Crippen LogP contribution in [0.1, 0.15) is 18.4 Å². The van der Waals surface area contributed by atoms with Crippen LogP contribution in [0.5, 0.6) is 0 Å². The van der Waals surface area contributed by atoms with E-state index in [1.165, 1.54) is 5.56 Å². The first kappa shape index (κ1) is 15.9. The van der Waals surface area contributed by atoms with Crippen molar-refractivity contribution < 1.29 is 13.2 Å². The summed E-state index contributed by atoms with van der Waals surface area (Å²) < 4.78 is 33.7. The van der Waals surface area contributed by atoms with Crippen molar-refractivity contribution in [3.63, 3.8) is 0 Å². The quantitative estimate of drug-likeness (QED) is 0.844. The summed E-state index contributed by atoms with van der Waals surface area (Å²) in [5.41, 5.74) is 1.34. The molecule has 0 unspecified atom stereocenters. The van der Waals surface area contributed by atoms with Crippen LogP contribution in [0, 0.1) is 5.92 Å². The minimum Gasteiger partial charge on any atom is -0.379 e. The Bertz CT molecular complexity index is 562. The molecule has 0 radical (unpaired) electrons. The van der Waals surface area contributed by atoms with Crippen molar-refractivity contribution in [2.75, 3.05) is 39.4 Å². The van der Waals surface area contributed by atoms with Gasteiger partial charge in [-0.3, -0.25) is 0 Å². The average molecular weight is 324 g/mol. The Hall–Kier alpha value is -0.950. The first-order valence-corrected chi connectivity index (χ1v) is 9.43. The number of benzene rings is 1. The van der Waals surface area contributed by atoms with Crippen LogP contribution in [-0.2, 0) is 21.4 Å². The van der Waals surface area contributed by atoms with Crippen molar-refractivity contribution in [3.05, 3.63) is 35.9 Å². The molecule has 3 rings (SSSR count). The topological polar surface area (TPSA) is 49.9 Å². The monoisotopic (exact) mass is 324 g/mol. The van der Waals surface area contributed by atoms with Gasteiger partial charge in [-0.05, 0) is 30.7 Å². The van der Waals surface area contributed by atoms with E-state index in [1.54, 1.807) is 8.61 Å². The van der Waals surface area contributed by atoms with Gasteiger partial charge in [0.1, 0.15) is 0 Å². The molecule has 2 aliphatic heterocycles. The standard InChI is InChI=1S/C16H24N2O3S/c19-22(20,18-10-12-21-13-11-18)17-8-6-16(7-9-17)14-15-4-2-1-3-5-15/h1-5,16H,6-14H2.